The second kappa shape index (κ2) is 11.9. The van der Waals surface area contributed by atoms with Crippen molar-refractivity contribution < 1.29 is 14.3 Å². The Morgan fingerprint density at radius 1 is 0.966 bits per heavy atom. The lowest BCUT2D eigenvalue weighted by Crippen LogP contribution is -2.25. The van der Waals surface area contributed by atoms with Gasteiger partial charge < -0.3 is 15.0 Å². The van der Waals surface area contributed by atoms with Crippen LogP contribution in [0.1, 0.15) is 48.5 Å². The van der Waals surface area contributed by atoms with Crippen LogP contribution in [0.3, 0.4) is 0 Å². The predicted molar refractivity (Wildman–Crippen MR) is 118 cm³/mol. The molecule has 2 aromatic carbocycles. The first-order valence-electron chi connectivity index (χ1n) is 10.3. The predicted octanol–water partition coefficient (Wildman–Crippen LogP) is 4.25. The van der Waals surface area contributed by atoms with Gasteiger partial charge in [-0.25, -0.2) is 0 Å². The summed E-state index contributed by atoms with van der Waals surface area (Å²) in [6.07, 6.45) is 3.16. The molecule has 0 saturated heterocycles. The fourth-order valence-electron chi connectivity index (χ4n) is 2.90. The van der Waals surface area contributed by atoms with E-state index in [9.17, 15) is 9.59 Å². The Kier molecular flexibility index (Phi) is 9.22. The van der Waals surface area contributed by atoms with Crippen LogP contribution in [0.5, 0.6) is 5.75 Å². The van der Waals surface area contributed by atoms with Gasteiger partial charge in [-0.1, -0.05) is 19.1 Å². The minimum absolute atomic E-state index is 0.0248. The van der Waals surface area contributed by atoms with Gasteiger partial charge in [-0.15, -0.1) is 0 Å². The van der Waals surface area contributed by atoms with Crippen molar-refractivity contribution in [2.75, 3.05) is 32.1 Å². The third-order valence-electron chi connectivity index (χ3n) is 4.65. The number of anilines is 1. The zero-order valence-corrected chi connectivity index (χ0v) is 17.7. The van der Waals surface area contributed by atoms with Crippen LogP contribution in [0.4, 0.5) is 5.69 Å². The van der Waals surface area contributed by atoms with E-state index in [4.69, 9.17) is 4.74 Å². The molecule has 0 aliphatic rings. The van der Waals surface area contributed by atoms with Crippen LogP contribution in [0, 0.1) is 0 Å². The van der Waals surface area contributed by atoms with E-state index in [-0.39, 0.29) is 24.5 Å². The van der Waals surface area contributed by atoms with Crippen molar-refractivity contribution in [3.63, 3.8) is 0 Å². The summed E-state index contributed by atoms with van der Waals surface area (Å²) in [5.41, 5.74) is 3.05. The minimum Gasteiger partial charge on any atom is -0.494 e. The first-order valence-corrected chi connectivity index (χ1v) is 10.3. The molecule has 1 amide bonds. The number of benzene rings is 2. The van der Waals surface area contributed by atoms with Crippen molar-refractivity contribution in [3.05, 3.63) is 59.7 Å². The van der Waals surface area contributed by atoms with Crippen molar-refractivity contribution >= 4 is 17.4 Å². The fraction of sp³-hybridized carbons (Fsp3) is 0.417. The van der Waals surface area contributed by atoms with Gasteiger partial charge in [-0.3, -0.25) is 9.59 Å². The molecule has 2 aromatic rings. The van der Waals surface area contributed by atoms with E-state index in [0.717, 1.165) is 25.0 Å². The molecule has 0 fully saturated rings. The zero-order valence-electron chi connectivity index (χ0n) is 17.7. The highest BCUT2D eigenvalue weighted by Crippen LogP contribution is 2.15. The maximum Gasteiger partial charge on any atom is 0.220 e. The molecule has 0 aromatic heterocycles. The summed E-state index contributed by atoms with van der Waals surface area (Å²) in [4.78, 5) is 26.3. The van der Waals surface area contributed by atoms with Gasteiger partial charge in [0.2, 0.25) is 5.91 Å². The van der Waals surface area contributed by atoms with Gasteiger partial charge in [0.1, 0.15) is 5.75 Å². The Labute approximate surface area is 174 Å². The Bertz CT molecular complexity index is 768. The molecule has 5 nitrogen and oxygen atoms in total. The monoisotopic (exact) mass is 396 g/mol. The number of hydrogen-bond acceptors (Lipinski definition) is 4. The van der Waals surface area contributed by atoms with Gasteiger partial charge >= 0.3 is 0 Å². The number of Topliss-reactive ketones (excluding diaryl/α,β-unsaturated/α-hetero) is 1. The van der Waals surface area contributed by atoms with Crippen LogP contribution in [0.2, 0.25) is 0 Å². The lowest BCUT2D eigenvalue weighted by Gasteiger charge is -2.12. The second-order valence-electron chi connectivity index (χ2n) is 7.31. The normalized spacial score (nSPS) is 10.4. The number of carbonyl (C=O) groups excluding carboxylic acids is 2. The Morgan fingerprint density at radius 2 is 1.66 bits per heavy atom. The van der Waals surface area contributed by atoms with Gasteiger partial charge in [0.25, 0.3) is 0 Å². The SMILES string of the molecule is CCCOc1ccc(C(=O)CCC(=O)NCCCc2ccc(N(C)C)cc2)cc1. The summed E-state index contributed by atoms with van der Waals surface area (Å²) >= 11 is 0. The lowest BCUT2D eigenvalue weighted by molar-refractivity contribution is -0.121. The third-order valence-corrected chi connectivity index (χ3v) is 4.65. The van der Waals surface area contributed by atoms with Gasteiger partial charge in [-0.05, 0) is 61.2 Å². The van der Waals surface area contributed by atoms with Crippen LogP contribution >= 0.6 is 0 Å². The van der Waals surface area contributed by atoms with E-state index < -0.39 is 0 Å². The van der Waals surface area contributed by atoms with E-state index >= 15 is 0 Å². The Balaban J connectivity index is 1.64. The van der Waals surface area contributed by atoms with Crippen LogP contribution < -0.4 is 15.0 Å². The number of aryl methyl sites for hydroxylation is 1. The Hall–Kier alpha value is -2.82. The molecular formula is C24H32N2O3. The van der Waals surface area contributed by atoms with Gasteiger partial charge in [-0.2, -0.15) is 0 Å². The first kappa shape index (κ1) is 22.5. The highest BCUT2D eigenvalue weighted by Gasteiger charge is 2.09. The smallest absolute Gasteiger partial charge is 0.220 e. The topological polar surface area (TPSA) is 58.6 Å². The second-order valence-corrected chi connectivity index (χ2v) is 7.31. The maximum atomic E-state index is 12.2. The number of hydrogen-bond donors (Lipinski definition) is 1. The molecule has 2 rings (SSSR count). The van der Waals surface area contributed by atoms with E-state index in [1.54, 1.807) is 24.3 Å². The lowest BCUT2D eigenvalue weighted by atomic mass is 10.1. The van der Waals surface area contributed by atoms with Crippen molar-refractivity contribution in [2.24, 2.45) is 0 Å². The average Bonchev–Trinajstić information content (AvgIpc) is 2.74. The summed E-state index contributed by atoms with van der Waals surface area (Å²) in [5, 5.41) is 2.90. The van der Waals surface area contributed by atoms with Gasteiger partial charge in [0.05, 0.1) is 6.61 Å². The molecule has 1 N–H and O–H groups in total. The highest BCUT2D eigenvalue weighted by atomic mass is 16.5. The van der Waals surface area contributed by atoms with Crippen molar-refractivity contribution in [3.8, 4) is 5.75 Å². The molecule has 0 saturated carbocycles. The summed E-state index contributed by atoms with van der Waals surface area (Å²) in [6.45, 7) is 3.33. The van der Waals surface area contributed by atoms with Crippen LogP contribution in [0.15, 0.2) is 48.5 Å². The molecule has 156 valence electrons. The van der Waals surface area contributed by atoms with Gasteiger partial charge in [0, 0.05) is 44.7 Å². The number of rotatable bonds is 12. The molecule has 0 bridgehead atoms. The molecule has 5 heteroatoms. The zero-order chi connectivity index (χ0) is 21.1. The molecule has 0 atom stereocenters. The molecule has 0 spiro atoms. The van der Waals surface area contributed by atoms with Crippen molar-refractivity contribution in [1.29, 1.82) is 0 Å². The van der Waals surface area contributed by atoms with E-state index in [1.165, 1.54) is 11.3 Å². The minimum atomic E-state index is -0.0794. The summed E-state index contributed by atoms with van der Waals surface area (Å²) in [7, 11) is 4.04. The Morgan fingerprint density at radius 3 is 2.28 bits per heavy atom. The summed E-state index contributed by atoms with van der Waals surface area (Å²) in [5.74, 6) is 0.657. The van der Waals surface area contributed by atoms with E-state index in [2.05, 4.69) is 34.5 Å². The van der Waals surface area contributed by atoms with Gasteiger partial charge in [0.15, 0.2) is 5.78 Å². The van der Waals surface area contributed by atoms with Crippen molar-refractivity contribution in [2.45, 2.75) is 39.0 Å². The third kappa shape index (κ3) is 7.98. The number of nitrogens with zero attached hydrogens (tertiary/aromatic N) is 1. The van der Waals surface area contributed by atoms with Crippen LogP contribution in [-0.2, 0) is 11.2 Å². The quantitative estimate of drug-likeness (QED) is 0.430. The van der Waals surface area contributed by atoms with Crippen LogP contribution in [-0.4, -0.2) is 38.9 Å². The molecule has 0 aliphatic carbocycles. The maximum absolute atomic E-state index is 12.2. The standard InChI is InChI=1S/C24H32N2O3/c1-4-18-29-22-13-9-20(10-14-22)23(27)15-16-24(28)25-17-5-6-19-7-11-21(12-8-19)26(2)3/h7-14H,4-6,15-18H2,1-3H3,(H,25,28). The molecule has 29 heavy (non-hydrogen) atoms. The summed E-state index contributed by atoms with van der Waals surface area (Å²) < 4.78 is 5.51. The largest absolute Gasteiger partial charge is 0.494 e. The average molecular weight is 397 g/mol. The van der Waals surface area contributed by atoms with E-state index in [1.807, 2.05) is 21.0 Å². The number of ketones is 1. The molecule has 0 heterocycles. The fourth-order valence-corrected chi connectivity index (χ4v) is 2.90. The van der Waals surface area contributed by atoms with E-state index in [0.29, 0.717) is 18.7 Å². The molecular weight excluding hydrogens is 364 g/mol. The van der Waals surface area contributed by atoms with Crippen molar-refractivity contribution in [1.82, 2.24) is 5.32 Å². The first-order chi connectivity index (χ1) is 14.0. The van der Waals surface area contributed by atoms with Crippen LogP contribution in [0.25, 0.3) is 0 Å². The molecule has 0 aliphatic heterocycles. The number of nitrogens with one attached hydrogen (secondary N) is 1. The molecule has 0 radical (unpaired) electrons. The number of carbonyl (C=O) groups is 2. The number of ether oxygens (including phenoxy) is 1. The summed E-state index contributed by atoms with van der Waals surface area (Å²) in [6, 6.07) is 15.6. The molecule has 0 unspecified atom stereocenters. The number of amides is 1. The highest BCUT2D eigenvalue weighted by molar-refractivity contribution is 5.98.